The minimum atomic E-state index is -0.339. The van der Waals surface area contributed by atoms with Gasteiger partial charge in [0.05, 0.1) is 11.2 Å². The van der Waals surface area contributed by atoms with Crippen molar-refractivity contribution < 1.29 is 0 Å². The molecule has 13 heavy (non-hydrogen) atoms. The summed E-state index contributed by atoms with van der Waals surface area (Å²) in [7, 11) is 0. The first-order valence-electron chi connectivity index (χ1n) is 3.93. The van der Waals surface area contributed by atoms with Gasteiger partial charge in [-0.05, 0) is 12.1 Å². The summed E-state index contributed by atoms with van der Waals surface area (Å²) in [6.07, 6.45) is 1.58. The number of nitrogens with one attached hydrogen (secondary N) is 1. The molecule has 3 nitrogen and oxygen atoms in total. The second-order valence-electron chi connectivity index (χ2n) is 2.68. The van der Waals surface area contributed by atoms with Crippen molar-refractivity contribution in [2.45, 2.75) is 0 Å². The van der Waals surface area contributed by atoms with Crippen LogP contribution in [0.15, 0.2) is 35.6 Å². The minimum absolute atomic E-state index is 0.339. The summed E-state index contributed by atoms with van der Waals surface area (Å²) in [5, 5.41) is 0.914. The Morgan fingerprint density at radius 2 is 2.15 bits per heavy atom. The first kappa shape index (κ1) is 7.73. The molecule has 2 rings (SSSR count). The number of hydrogen-bond acceptors (Lipinski definition) is 2. The van der Waals surface area contributed by atoms with E-state index in [1.54, 1.807) is 6.08 Å². The number of aromatic nitrogens is 2. The van der Waals surface area contributed by atoms with Crippen molar-refractivity contribution in [2.75, 3.05) is 0 Å². The van der Waals surface area contributed by atoms with Crippen LogP contribution in [0.4, 0.5) is 0 Å². The largest absolute Gasteiger partial charge is 0.345 e. The Morgan fingerprint density at radius 1 is 1.38 bits per heavy atom. The van der Waals surface area contributed by atoms with Crippen molar-refractivity contribution in [1.29, 1.82) is 0 Å². The fourth-order valence-corrected chi connectivity index (χ4v) is 1.28. The zero-order valence-corrected chi connectivity index (χ0v) is 6.95. The highest BCUT2D eigenvalue weighted by molar-refractivity contribution is 5.85. The van der Waals surface area contributed by atoms with Crippen molar-refractivity contribution in [1.82, 2.24) is 9.97 Å². The van der Waals surface area contributed by atoms with Gasteiger partial charge in [-0.15, -0.1) is 0 Å². The second kappa shape index (κ2) is 2.86. The number of para-hydroxylation sites is 1. The van der Waals surface area contributed by atoms with Gasteiger partial charge in [0.25, 0.3) is 0 Å². The summed E-state index contributed by atoms with van der Waals surface area (Å²) in [5.74, 6) is 0. The number of nitrogens with zero attached hydrogens (tertiary/aromatic N) is 1. The summed E-state index contributed by atoms with van der Waals surface area (Å²) in [5.41, 5.74) is 1.07. The van der Waals surface area contributed by atoms with Crippen molar-refractivity contribution >= 4 is 17.0 Å². The standard InChI is InChI=1S/C10H8N2O/c1-2-8-7-5-3-4-6-9(7)12-10(13)11-8/h2-6H,1H2,(H,11,12,13). The van der Waals surface area contributed by atoms with Gasteiger partial charge in [-0.25, -0.2) is 4.79 Å². The van der Waals surface area contributed by atoms with Crippen LogP contribution >= 0.6 is 0 Å². The predicted octanol–water partition coefficient (Wildman–Crippen LogP) is 1.57. The Balaban J connectivity index is 2.97. The molecule has 0 radical (unpaired) electrons. The van der Waals surface area contributed by atoms with Crippen LogP contribution in [0.2, 0.25) is 0 Å². The molecule has 0 atom stereocenters. The Hall–Kier alpha value is -1.90. The quantitative estimate of drug-likeness (QED) is 0.709. The molecule has 0 aliphatic rings. The maximum absolute atomic E-state index is 11.0. The van der Waals surface area contributed by atoms with Gasteiger partial charge in [-0.2, -0.15) is 4.98 Å². The van der Waals surface area contributed by atoms with E-state index in [1.165, 1.54) is 0 Å². The van der Waals surface area contributed by atoms with E-state index in [-0.39, 0.29) is 5.69 Å². The molecule has 1 heterocycles. The van der Waals surface area contributed by atoms with Gasteiger partial charge in [0, 0.05) is 5.39 Å². The average Bonchev–Trinajstić information content (AvgIpc) is 2.16. The van der Waals surface area contributed by atoms with E-state index in [9.17, 15) is 4.79 Å². The van der Waals surface area contributed by atoms with Crippen LogP contribution in [0, 0.1) is 0 Å². The van der Waals surface area contributed by atoms with Crippen LogP contribution in [-0.4, -0.2) is 9.97 Å². The molecule has 0 spiro atoms. The lowest BCUT2D eigenvalue weighted by Crippen LogP contribution is -2.11. The fourth-order valence-electron chi connectivity index (χ4n) is 1.28. The molecular formula is C10H8N2O. The third-order valence-electron chi connectivity index (χ3n) is 1.86. The van der Waals surface area contributed by atoms with Gasteiger partial charge < -0.3 is 4.98 Å². The molecule has 2 aromatic rings. The van der Waals surface area contributed by atoms with E-state index in [2.05, 4.69) is 16.5 Å². The van der Waals surface area contributed by atoms with Gasteiger partial charge in [0.15, 0.2) is 0 Å². The lowest BCUT2D eigenvalue weighted by Gasteiger charge is -1.98. The highest BCUT2D eigenvalue weighted by atomic mass is 16.1. The number of H-pyrrole nitrogens is 1. The smallest absolute Gasteiger partial charge is 0.305 e. The van der Waals surface area contributed by atoms with Crippen molar-refractivity contribution in [2.24, 2.45) is 0 Å². The zero-order valence-electron chi connectivity index (χ0n) is 6.95. The molecule has 0 aliphatic heterocycles. The lowest BCUT2D eigenvalue weighted by molar-refractivity contribution is 1.11. The number of rotatable bonds is 1. The maximum Gasteiger partial charge on any atom is 0.345 e. The number of fused-ring (bicyclic) bond motifs is 1. The third-order valence-corrected chi connectivity index (χ3v) is 1.86. The predicted molar refractivity (Wildman–Crippen MR) is 52.5 cm³/mol. The van der Waals surface area contributed by atoms with Crippen LogP contribution in [0.5, 0.6) is 0 Å². The van der Waals surface area contributed by atoms with Gasteiger partial charge in [0.2, 0.25) is 0 Å². The third kappa shape index (κ3) is 1.24. The topological polar surface area (TPSA) is 45.8 Å². The highest BCUT2D eigenvalue weighted by Gasteiger charge is 1.99. The molecule has 1 aromatic carbocycles. The highest BCUT2D eigenvalue weighted by Crippen LogP contribution is 2.12. The van der Waals surface area contributed by atoms with Gasteiger partial charge in [-0.3, -0.25) is 0 Å². The van der Waals surface area contributed by atoms with E-state index in [0.717, 1.165) is 10.9 Å². The molecule has 64 valence electrons. The molecule has 0 saturated heterocycles. The summed E-state index contributed by atoms with van der Waals surface area (Å²) < 4.78 is 0. The molecule has 1 aromatic heterocycles. The van der Waals surface area contributed by atoms with Gasteiger partial charge in [0.1, 0.15) is 0 Å². The molecule has 1 N–H and O–H groups in total. The summed E-state index contributed by atoms with van der Waals surface area (Å²) in [4.78, 5) is 17.5. The summed E-state index contributed by atoms with van der Waals surface area (Å²) >= 11 is 0. The van der Waals surface area contributed by atoms with Crippen LogP contribution in [-0.2, 0) is 0 Å². The number of aromatic amines is 1. The van der Waals surface area contributed by atoms with Crippen LogP contribution in [0.3, 0.4) is 0 Å². The minimum Gasteiger partial charge on any atom is -0.305 e. The Labute approximate surface area is 74.8 Å². The monoisotopic (exact) mass is 172 g/mol. The second-order valence-corrected chi connectivity index (χ2v) is 2.68. The Morgan fingerprint density at radius 3 is 2.92 bits per heavy atom. The van der Waals surface area contributed by atoms with Crippen molar-refractivity contribution in [3.05, 3.63) is 47.0 Å². The van der Waals surface area contributed by atoms with Crippen LogP contribution in [0.25, 0.3) is 17.0 Å². The number of hydrogen-bond donors (Lipinski definition) is 1. The normalized spacial score (nSPS) is 10.2. The molecule has 0 aliphatic carbocycles. The van der Waals surface area contributed by atoms with Crippen molar-refractivity contribution in [3.8, 4) is 0 Å². The Kier molecular flexibility index (Phi) is 1.70. The van der Waals surface area contributed by atoms with Gasteiger partial charge >= 0.3 is 5.69 Å². The SMILES string of the molecule is C=Cc1nc(=O)[nH]c2ccccc12. The van der Waals surface area contributed by atoms with E-state index in [1.807, 2.05) is 24.3 Å². The molecule has 0 saturated carbocycles. The molecule has 3 heteroatoms. The average molecular weight is 172 g/mol. The van der Waals surface area contributed by atoms with E-state index in [0.29, 0.717) is 5.69 Å². The molecule has 0 bridgehead atoms. The maximum atomic E-state index is 11.0. The van der Waals surface area contributed by atoms with Crippen molar-refractivity contribution in [3.63, 3.8) is 0 Å². The summed E-state index contributed by atoms with van der Waals surface area (Å²) in [6.45, 7) is 3.61. The van der Waals surface area contributed by atoms with Crippen LogP contribution < -0.4 is 5.69 Å². The summed E-state index contributed by atoms with van der Waals surface area (Å²) in [6, 6.07) is 7.50. The Bertz CT molecular complexity index is 514. The van der Waals surface area contributed by atoms with Crippen LogP contribution in [0.1, 0.15) is 5.69 Å². The first-order chi connectivity index (χ1) is 6.31. The van der Waals surface area contributed by atoms with Gasteiger partial charge in [-0.1, -0.05) is 24.8 Å². The zero-order chi connectivity index (χ0) is 9.26. The van der Waals surface area contributed by atoms with E-state index < -0.39 is 0 Å². The number of benzene rings is 1. The molecule has 0 unspecified atom stereocenters. The fraction of sp³-hybridized carbons (Fsp3) is 0. The molecule has 0 fully saturated rings. The van der Waals surface area contributed by atoms with E-state index >= 15 is 0 Å². The van der Waals surface area contributed by atoms with E-state index in [4.69, 9.17) is 0 Å². The molecular weight excluding hydrogens is 164 g/mol. The lowest BCUT2D eigenvalue weighted by atomic mass is 10.2. The molecule has 0 amide bonds. The first-order valence-corrected chi connectivity index (χ1v) is 3.93.